The van der Waals surface area contributed by atoms with Crippen molar-refractivity contribution in [3.8, 4) is 0 Å². The van der Waals surface area contributed by atoms with E-state index < -0.39 is 0 Å². The first kappa shape index (κ1) is 18.1. The zero-order valence-electron chi connectivity index (χ0n) is 14.6. The monoisotopic (exact) mass is 332 g/mol. The summed E-state index contributed by atoms with van der Waals surface area (Å²) in [4.78, 5) is 16.7. The summed E-state index contributed by atoms with van der Waals surface area (Å²) < 4.78 is 14.0. The molecule has 0 fully saturated rings. The summed E-state index contributed by atoms with van der Waals surface area (Å²) in [7, 11) is 0. The second-order valence-electron chi connectivity index (χ2n) is 5.77. The van der Waals surface area contributed by atoms with Gasteiger partial charge in [0.25, 0.3) is 5.91 Å². The molecular weight excluding hydrogens is 307 g/mol. The van der Waals surface area contributed by atoms with Gasteiger partial charge in [-0.25, -0.2) is 4.39 Å². The third kappa shape index (κ3) is 4.64. The number of benzene rings is 1. The molecule has 0 aliphatic rings. The van der Waals surface area contributed by atoms with Gasteiger partial charge in [0.1, 0.15) is 11.5 Å². The maximum Gasteiger partial charge on any atom is 0.272 e. The van der Waals surface area contributed by atoms with Crippen LogP contribution < -0.4 is 0 Å². The Hall–Kier alpha value is -2.21. The minimum Gasteiger partial charge on any atom is -0.332 e. The highest BCUT2D eigenvalue weighted by atomic mass is 19.1. The first-order valence-electron chi connectivity index (χ1n) is 8.32. The summed E-state index contributed by atoms with van der Waals surface area (Å²) in [6.07, 6.45) is 0. The predicted molar refractivity (Wildman–Crippen MR) is 92.3 cm³/mol. The maximum absolute atomic E-state index is 14.0. The van der Waals surface area contributed by atoms with Crippen LogP contribution in [-0.4, -0.2) is 52.1 Å². The van der Waals surface area contributed by atoms with Crippen LogP contribution in [-0.2, 0) is 6.54 Å². The number of aryl methyl sites for hydroxylation is 1. The van der Waals surface area contributed by atoms with Crippen molar-refractivity contribution in [2.45, 2.75) is 27.3 Å². The number of nitrogens with one attached hydrogen (secondary N) is 1. The first-order chi connectivity index (χ1) is 11.5. The number of likely N-dealkylation sites (N-methyl/N-ethyl adjacent to an activating group) is 1. The molecule has 2 rings (SSSR count). The minimum atomic E-state index is -0.293. The van der Waals surface area contributed by atoms with E-state index >= 15 is 0 Å². The number of halogens is 1. The lowest BCUT2D eigenvalue weighted by molar-refractivity contribution is 0.0716. The fourth-order valence-electron chi connectivity index (χ4n) is 2.59. The number of aromatic nitrogens is 2. The van der Waals surface area contributed by atoms with Crippen molar-refractivity contribution in [3.63, 3.8) is 0 Å². The molecule has 1 aromatic carbocycles. The molecule has 1 amide bonds. The van der Waals surface area contributed by atoms with E-state index in [0.717, 1.165) is 25.3 Å². The van der Waals surface area contributed by atoms with Crippen LogP contribution in [0.25, 0.3) is 0 Å². The molecule has 0 saturated heterocycles. The van der Waals surface area contributed by atoms with Crippen molar-refractivity contribution in [1.29, 1.82) is 0 Å². The number of H-pyrrole nitrogens is 1. The van der Waals surface area contributed by atoms with E-state index in [0.29, 0.717) is 17.8 Å². The summed E-state index contributed by atoms with van der Waals surface area (Å²) in [5.41, 5.74) is 1.71. The molecule has 0 spiro atoms. The zero-order chi connectivity index (χ0) is 17.5. The van der Waals surface area contributed by atoms with Crippen LogP contribution >= 0.6 is 0 Å². The van der Waals surface area contributed by atoms with Crippen LogP contribution in [0.1, 0.15) is 35.6 Å². The number of aromatic amines is 1. The fourth-order valence-corrected chi connectivity index (χ4v) is 2.59. The molecule has 5 nitrogen and oxygen atoms in total. The normalized spacial score (nSPS) is 11.0. The van der Waals surface area contributed by atoms with Gasteiger partial charge in [-0.2, -0.15) is 5.10 Å². The SMILES string of the molecule is CCN(CC)CCN(Cc1ccccc1F)C(=O)c1cc(C)n[nH]1. The predicted octanol–water partition coefficient (Wildman–Crippen LogP) is 2.84. The van der Waals surface area contributed by atoms with Crippen molar-refractivity contribution in [2.24, 2.45) is 0 Å². The molecule has 0 aliphatic carbocycles. The number of carbonyl (C=O) groups excluding carboxylic acids is 1. The second kappa shape index (κ2) is 8.59. The molecule has 0 atom stereocenters. The Bertz CT molecular complexity index is 667. The molecule has 6 heteroatoms. The highest BCUT2D eigenvalue weighted by Crippen LogP contribution is 2.13. The van der Waals surface area contributed by atoms with Crippen molar-refractivity contribution in [1.82, 2.24) is 20.0 Å². The van der Waals surface area contributed by atoms with Gasteiger partial charge in [0.2, 0.25) is 0 Å². The summed E-state index contributed by atoms with van der Waals surface area (Å²) in [6.45, 7) is 9.36. The average Bonchev–Trinajstić information content (AvgIpc) is 3.02. The molecule has 24 heavy (non-hydrogen) atoms. The fraction of sp³-hybridized carbons (Fsp3) is 0.444. The summed E-state index contributed by atoms with van der Waals surface area (Å²) in [5.74, 6) is -0.454. The number of rotatable bonds is 8. The summed E-state index contributed by atoms with van der Waals surface area (Å²) >= 11 is 0. The zero-order valence-corrected chi connectivity index (χ0v) is 14.6. The Balaban J connectivity index is 2.17. The lowest BCUT2D eigenvalue weighted by Gasteiger charge is -2.26. The average molecular weight is 332 g/mol. The molecule has 0 aliphatic heterocycles. The molecule has 1 N–H and O–H groups in total. The Morgan fingerprint density at radius 1 is 1.21 bits per heavy atom. The number of nitrogens with zero attached hydrogens (tertiary/aromatic N) is 3. The number of amides is 1. The van der Waals surface area contributed by atoms with E-state index in [1.54, 1.807) is 29.2 Å². The smallest absolute Gasteiger partial charge is 0.272 e. The molecule has 1 heterocycles. The molecule has 0 radical (unpaired) electrons. The molecule has 130 valence electrons. The van der Waals surface area contributed by atoms with E-state index in [9.17, 15) is 9.18 Å². The second-order valence-corrected chi connectivity index (χ2v) is 5.77. The lowest BCUT2D eigenvalue weighted by atomic mass is 10.2. The van der Waals surface area contributed by atoms with Gasteiger partial charge in [-0.3, -0.25) is 9.89 Å². The number of hydrogen-bond acceptors (Lipinski definition) is 3. The van der Waals surface area contributed by atoms with Crippen molar-refractivity contribution >= 4 is 5.91 Å². The van der Waals surface area contributed by atoms with Gasteiger partial charge >= 0.3 is 0 Å². The largest absolute Gasteiger partial charge is 0.332 e. The highest BCUT2D eigenvalue weighted by Gasteiger charge is 2.19. The van der Waals surface area contributed by atoms with Crippen LogP contribution in [0.15, 0.2) is 30.3 Å². The Labute approximate surface area is 142 Å². The minimum absolute atomic E-state index is 0.161. The quantitative estimate of drug-likeness (QED) is 0.809. The summed E-state index contributed by atoms with van der Waals surface area (Å²) in [5, 5.41) is 6.77. The molecule has 2 aromatic rings. The van der Waals surface area contributed by atoms with Gasteiger partial charge in [0.05, 0.1) is 5.69 Å². The van der Waals surface area contributed by atoms with E-state index in [1.165, 1.54) is 6.07 Å². The van der Waals surface area contributed by atoms with Gasteiger partial charge < -0.3 is 9.80 Å². The van der Waals surface area contributed by atoms with Crippen LogP contribution in [0.5, 0.6) is 0 Å². The highest BCUT2D eigenvalue weighted by molar-refractivity contribution is 5.92. The molecular formula is C18H25FN4O. The van der Waals surface area contributed by atoms with Gasteiger partial charge in [0, 0.05) is 25.2 Å². The van der Waals surface area contributed by atoms with Gasteiger partial charge in [0.15, 0.2) is 0 Å². The van der Waals surface area contributed by atoms with Crippen molar-refractivity contribution in [2.75, 3.05) is 26.2 Å². The standard InChI is InChI=1S/C18H25FN4O/c1-4-22(5-2)10-11-23(13-15-8-6-7-9-16(15)19)18(24)17-12-14(3)20-21-17/h6-9,12H,4-5,10-11,13H2,1-3H3,(H,20,21). The van der Waals surface area contributed by atoms with E-state index in [1.807, 2.05) is 6.92 Å². The van der Waals surface area contributed by atoms with Crippen LogP contribution in [0.2, 0.25) is 0 Å². The Morgan fingerprint density at radius 3 is 2.50 bits per heavy atom. The molecule has 0 bridgehead atoms. The van der Waals surface area contributed by atoms with Crippen LogP contribution in [0.4, 0.5) is 4.39 Å². The Morgan fingerprint density at radius 2 is 1.92 bits per heavy atom. The molecule has 0 saturated carbocycles. The van der Waals surface area contributed by atoms with E-state index in [-0.39, 0.29) is 18.3 Å². The van der Waals surface area contributed by atoms with Crippen LogP contribution in [0, 0.1) is 12.7 Å². The van der Waals surface area contributed by atoms with Crippen molar-refractivity contribution < 1.29 is 9.18 Å². The van der Waals surface area contributed by atoms with Gasteiger partial charge in [-0.1, -0.05) is 32.0 Å². The van der Waals surface area contributed by atoms with Gasteiger partial charge in [-0.05, 0) is 32.1 Å². The topological polar surface area (TPSA) is 52.2 Å². The van der Waals surface area contributed by atoms with E-state index in [2.05, 4.69) is 28.9 Å². The third-order valence-corrected chi connectivity index (χ3v) is 4.12. The lowest BCUT2D eigenvalue weighted by Crippen LogP contribution is -2.38. The molecule has 1 aromatic heterocycles. The maximum atomic E-state index is 14.0. The summed E-state index contributed by atoms with van der Waals surface area (Å²) in [6, 6.07) is 8.28. The van der Waals surface area contributed by atoms with Crippen LogP contribution in [0.3, 0.4) is 0 Å². The van der Waals surface area contributed by atoms with Gasteiger partial charge in [-0.15, -0.1) is 0 Å². The first-order valence-corrected chi connectivity index (χ1v) is 8.32. The molecule has 0 unspecified atom stereocenters. The number of hydrogen-bond donors (Lipinski definition) is 1. The third-order valence-electron chi connectivity index (χ3n) is 4.12. The number of carbonyl (C=O) groups is 1. The van der Waals surface area contributed by atoms with Crippen molar-refractivity contribution in [3.05, 3.63) is 53.1 Å². The van der Waals surface area contributed by atoms with E-state index in [4.69, 9.17) is 0 Å². The Kier molecular flexibility index (Phi) is 6.49.